The molecule has 10 nitrogen and oxygen atoms in total. The molecule has 0 bridgehead atoms. The third-order valence-electron chi connectivity index (χ3n) is 4.86. The third-order valence-corrected chi connectivity index (χ3v) is 4.86. The van der Waals surface area contributed by atoms with Gasteiger partial charge in [0.15, 0.2) is 0 Å². The van der Waals surface area contributed by atoms with E-state index >= 15 is 0 Å². The number of nitrogens with one attached hydrogen (secondary N) is 2. The number of H-pyrrole nitrogens is 1. The summed E-state index contributed by atoms with van der Waals surface area (Å²) in [5.74, 6) is -1.10. The molecule has 1 aliphatic rings. The fourth-order valence-corrected chi connectivity index (χ4v) is 3.37. The molecule has 0 saturated carbocycles. The van der Waals surface area contributed by atoms with Gasteiger partial charge in [-0.1, -0.05) is 0 Å². The summed E-state index contributed by atoms with van der Waals surface area (Å²) >= 11 is 0. The molecule has 0 spiro atoms. The van der Waals surface area contributed by atoms with Crippen molar-refractivity contribution in [3.8, 4) is 0 Å². The number of hydrogen-bond donors (Lipinski definition) is 2. The maximum Gasteiger partial charge on any atom is 0.328 e. The lowest BCUT2D eigenvalue weighted by Crippen LogP contribution is -2.51. The maximum atomic E-state index is 13.1. The topological polar surface area (TPSA) is 127 Å². The van der Waals surface area contributed by atoms with Crippen LogP contribution in [-0.2, 0) is 25.5 Å². The van der Waals surface area contributed by atoms with E-state index < -0.39 is 30.1 Å². The molecule has 0 fully saturated rings. The summed E-state index contributed by atoms with van der Waals surface area (Å²) in [5.41, 5.74) is 2.57. The van der Waals surface area contributed by atoms with E-state index in [1.807, 2.05) is 12.1 Å². The number of carbonyl (C=O) groups is 3. The molecule has 1 aliphatic heterocycles. The standard InChI is InChI=1S/C19H23N5O5/c1-28-15(25)4-3-14(18(26)29-2)23-19(27)24-10-7-13-16(22-11-21-13)17(24)12-5-8-20-9-6-12/h5-6,8-9,11,14,17H,3-4,7,10H2,1-2H3,(H,21,22)(H,23,27). The molecule has 154 valence electrons. The molecule has 0 aromatic carbocycles. The Hall–Kier alpha value is -3.43. The number of aromatic amines is 1. The molecule has 0 aliphatic carbocycles. The number of carbonyl (C=O) groups excluding carboxylic acids is 3. The van der Waals surface area contributed by atoms with E-state index in [0.717, 1.165) is 17.0 Å². The van der Waals surface area contributed by atoms with Crippen molar-refractivity contribution in [2.45, 2.75) is 31.3 Å². The van der Waals surface area contributed by atoms with Crippen LogP contribution in [0.4, 0.5) is 4.79 Å². The first-order chi connectivity index (χ1) is 14.0. The Balaban J connectivity index is 1.82. The second kappa shape index (κ2) is 9.18. The largest absolute Gasteiger partial charge is 0.469 e. The molecule has 29 heavy (non-hydrogen) atoms. The molecule has 0 radical (unpaired) electrons. The van der Waals surface area contributed by atoms with Crippen LogP contribution in [-0.4, -0.2) is 64.6 Å². The van der Waals surface area contributed by atoms with Crippen LogP contribution in [0.2, 0.25) is 0 Å². The molecule has 2 unspecified atom stereocenters. The normalized spacial score (nSPS) is 16.5. The van der Waals surface area contributed by atoms with E-state index in [-0.39, 0.29) is 12.8 Å². The highest BCUT2D eigenvalue weighted by Crippen LogP contribution is 2.33. The number of hydrogen-bond acceptors (Lipinski definition) is 7. The predicted octanol–water partition coefficient (Wildman–Crippen LogP) is 0.957. The second-order valence-corrected chi connectivity index (χ2v) is 6.53. The van der Waals surface area contributed by atoms with Gasteiger partial charge in [0, 0.05) is 37.5 Å². The first-order valence-electron chi connectivity index (χ1n) is 9.19. The van der Waals surface area contributed by atoms with Crippen molar-refractivity contribution in [2.75, 3.05) is 20.8 Å². The summed E-state index contributed by atoms with van der Waals surface area (Å²) in [5, 5.41) is 2.69. The third kappa shape index (κ3) is 4.53. The van der Waals surface area contributed by atoms with E-state index in [2.05, 4.69) is 25.0 Å². The smallest absolute Gasteiger partial charge is 0.328 e. The van der Waals surface area contributed by atoms with E-state index in [4.69, 9.17) is 4.74 Å². The number of imidazole rings is 1. The van der Waals surface area contributed by atoms with Crippen molar-refractivity contribution in [3.63, 3.8) is 0 Å². The number of amides is 2. The molecule has 2 N–H and O–H groups in total. The molecule has 10 heteroatoms. The van der Waals surface area contributed by atoms with Gasteiger partial charge in [0.1, 0.15) is 12.1 Å². The van der Waals surface area contributed by atoms with Gasteiger partial charge in [-0.2, -0.15) is 0 Å². The molecule has 3 rings (SSSR count). The van der Waals surface area contributed by atoms with Crippen molar-refractivity contribution >= 4 is 18.0 Å². The van der Waals surface area contributed by atoms with Gasteiger partial charge in [-0.3, -0.25) is 9.78 Å². The molecule has 2 aromatic heterocycles. The highest BCUT2D eigenvalue weighted by atomic mass is 16.5. The van der Waals surface area contributed by atoms with Crippen LogP contribution in [0.1, 0.15) is 35.8 Å². The van der Waals surface area contributed by atoms with Crippen LogP contribution in [0.5, 0.6) is 0 Å². The van der Waals surface area contributed by atoms with Crippen LogP contribution in [0.15, 0.2) is 30.9 Å². The second-order valence-electron chi connectivity index (χ2n) is 6.53. The SMILES string of the molecule is COC(=O)CCC(NC(=O)N1CCc2[nH]cnc2C1c1ccncc1)C(=O)OC. The lowest BCUT2D eigenvalue weighted by molar-refractivity contribution is -0.144. The van der Waals surface area contributed by atoms with Gasteiger partial charge in [0.05, 0.1) is 26.2 Å². The van der Waals surface area contributed by atoms with Crippen LogP contribution < -0.4 is 5.32 Å². The average Bonchev–Trinajstić information content (AvgIpc) is 3.24. The zero-order valence-electron chi connectivity index (χ0n) is 16.3. The lowest BCUT2D eigenvalue weighted by atomic mass is 9.97. The number of nitrogens with zero attached hydrogens (tertiary/aromatic N) is 3. The lowest BCUT2D eigenvalue weighted by Gasteiger charge is -2.36. The first kappa shape index (κ1) is 20.3. The molecular formula is C19H23N5O5. The summed E-state index contributed by atoms with van der Waals surface area (Å²) in [7, 11) is 2.50. The quantitative estimate of drug-likeness (QED) is 0.690. The highest BCUT2D eigenvalue weighted by molar-refractivity contribution is 5.84. The number of rotatable bonds is 6. The zero-order valence-corrected chi connectivity index (χ0v) is 16.3. The number of urea groups is 1. The summed E-state index contributed by atoms with van der Waals surface area (Å²) in [6.45, 7) is 0.429. The summed E-state index contributed by atoms with van der Waals surface area (Å²) in [6, 6.07) is 1.81. The number of ether oxygens (including phenoxy) is 2. The number of fused-ring (bicyclic) bond motifs is 1. The van der Waals surface area contributed by atoms with Crippen molar-refractivity contribution in [2.24, 2.45) is 0 Å². The van der Waals surface area contributed by atoms with Gasteiger partial charge < -0.3 is 24.7 Å². The monoisotopic (exact) mass is 401 g/mol. The Morgan fingerprint density at radius 2 is 2.03 bits per heavy atom. The van der Waals surface area contributed by atoms with Gasteiger partial charge in [-0.15, -0.1) is 0 Å². The molecule has 0 saturated heterocycles. The van der Waals surface area contributed by atoms with Gasteiger partial charge >= 0.3 is 18.0 Å². The van der Waals surface area contributed by atoms with Gasteiger partial charge in [-0.05, 0) is 24.1 Å². The molecule has 3 heterocycles. The van der Waals surface area contributed by atoms with Crippen LogP contribution in [0.3, 0.4) is 0 Å². The Morgan fingerprint density at radius 3 is 2.72 bits per heavy atom. The molecule has 2 atom stereocenters. The number of methoxy groups -OCH3 is 2. The van der Waals surface area contributed by atoms with Crippen LogP contribution in [0.25, 0.3) is 0 Å². The van der Waals surface area contributed by atoms with Crippen molar-refractivity contribution < 1.29 is 23.9 Å². The predicted molar refractivity (Wildman–Crippen MR) is 101 cm³/mol. The fourth-order valence-electron chi connectivity index (χ4n) is 3.37. The maximum absolute atomic E-state index is 13.1. The Bertz CT molecular complexity index is 869. The molecular weight excluding hydrogens is 378 g/mol. The number of aromatic nitrogens is 3. The fraction of sp³-hybridized carbons (Fsp3) is 0.421. The Kier molecular flexibility index (Phi) is 6.43. The molecule has 2 aromatic rings. The van der Waals surface area contributed by atoms with E-state index in [9.17, 15) is 14.4 Å². The Morgan fingerprint density at radius 1 is 1.28 bits per heavy atom. The minimum Gasteiger partial charge on any atom is -0.469 e. The molecule has 2 amide bonds. The zero-order chi connectivity index (χ0) is 20.8. The van der Waals surface area contributed by atoms with Crippen molar-refractivity contribution in [1.29, 1.82) is 0 Å². The van der Waals surface area contributed by atoms with Gasteiger partial charge in [0.2, 0.25) is 0 Å². The number of pyridine rings is 1. The van der Waals surface area contributed by atoms with Gasteiger partial charge in [-0.25, -0.2) is 14.6 Å². The minimum absolute atomic E-state index is 0.0200. The van der Waals surface area contributed by atoms with Crippen LogP contribution >= 0.6 is 0 Å². The van der Waals surface area contributed by atoms with E-state index in [1.54, 1.807) is 23.6 Å². The Labute approximate surface area is 167 Å². The summed E-state index contributed by atoms with van der Waals surface area (Å²) in [6.07, 6.45) is 5.57. The first-order valence-corrected chi connectivity index (χ1v) is 9.19. The average molecular weight is 401 g/mol. The number of esters is 2. The highest BCUT2D eigenvalue weighted by Gasteiger charge is 2.35. The van der Waals surface area contributed by atoms with E-state index in [1.165, 1.54) is 14.2 Å². The van der Waals surface area contributed by atoms with E-state index in [0.29, 0.717) is 13.0 Å². The van der Waals surface area contributed by atoms with Crippen molar-refractivity contribution in [1.82, 2.24) is 25.2 Å². The van der Waals surface area contributed by atoms with Crippen LogP contribution in [0, 0.1) is 0 Å². The van der Waals surface area contributed by atoms with Crippen molar-refractivity contribution in [3.05, 3.63) is 47.8 Å². The minimum atomic E-state index is -0.967. The summed E-state index contributed by atoms with van der Waals surface area (Å²) in [4.78, 5) is 49.8. The van der Waals surface area contributed by atoms with Gasteiger partial charge in [0.25, 0.3) is 0 Å². The summed E-state index contributed by atoms with van der Waals surface area (Å²) < 4.78 is 9.38.